The molecule has 0 atom stereocenters. The van der Waals surface area contributed by atoms with Crippen LogP contribution in [0.4, 0.5) is 11.4 Å². The molecule has 2 heterocycles. The molecule has 1 aliphatic rings. The van der Waals surface area contributed by atoms with Crippen LogP contribution in [0.5, 0.6) is 0 Å². The van der Waals surface area contributed by atoms with Crippen molar-refractivity contribution in [3.8, 4) is 0 Å². The third-order valence-corrected chi connectivity index (χ3v) is 7.96. The van der Waals surface area contributed by atoms with Gasteiger partial charge < -0.3 is 9.73 Å². The Balaban J connectivity index is 1.15. The Hall–Kier alpha value is -3.84. The van der Waals surface area contributed by atoms with Crippen molar-refractivity contribution in [1.82, 2.24) is 0 Å². The number of hydrogen-bond acceptors (Lipinski definition) is 4. The lowest BCUT2D eigenvalue weighted by molar-refractivity contribution is -0.116. The van der Waals surface area contributed by atoms with E-state index in [0.29, 0.717) is 28.3 Å². The van der Waals surface area contributed by atoms with Gasteiger partial charge in [0.05, 0.1) is 10.6 Å². The van der Waals surface area contributed by atoms with Crippen LogP contribution in [-0.4, -0.2) is 20.9 Å². The number of carbonyl (C=O) groups is 1. The predicted octanol–water partition coefficient (Wildman–Crippen LogP) is 5.67. The van der Waals surface area contributed by atoms with Gasteiger partial charge in [0.1, 0.15) is 11.2 Å². The van der Waals surface area contributed by atoms with Crippen molar-refractivity contribution in [3.05, 3.63) is 78.9 Å². The van der Waals surface area contributed by atoms with Gasteiger partial charge in [-0.05, 0) is 42.1 Å². The fourth-order valence-corrected chi connectivity index (χ4v) is 6.36. The van der Waals surface area contributed by atoms with Crippen molar-refractivity contribution in [2.24, 2.45) is 0 Å². The Morgan fingerprint density at radius 3 is 2.55 bits per heavy atom. The number of rotatable bonds is 5. The highest BCUT2D eigenvalue weighted by Gasteiger charge is 2.35. The number of para-hydroxylation sites is 1. The topological polar surface area (TPSA) is 79.6 Å². The van der Waals surface area contributed by atoms with Crippen LogP contribution < -0.4 is 9.62 Å². The van der Waals surface area contributed by atoms with E-state index in [4.69, 9.17) is 4.42 Å². The van der Waals surface area contributed by atoms with Crippen molar-refractivity contribution in [2.75, 3.05) is 16.2 Å². The van der Waals surface area contributed by atoms with Gasteiger partial charge in [-0.15, -0.1) is 0 Å². The van der Waals surface area contributed by atoms with Crippen LogP contribution >= 0.6 is 0 Å². The highest BCUT2D eigenvalue weighted by atomic mass is 32.2. The maximum Gasteiger partial charge on any atom is 0.265 e. The van der Waals surface area contributed by atoms with Gasteiger partial charge in [0.25, 0.3) is 10.0 Å². The van der Waals surface area contributed by atoms with Crippen molar-refractivity contribution >= 4 is 60.0 Å². The minimum absolute atomic E-state index is 0.169. The summed E-state index contributed by atoms with van der Waals surface area (Å²) in [6, 6.07) is 24.3. The molecule has 6 nitrogen and oxygen atoms in total. The van der Waals surface area contributed by atoms with E-state index in [-0.39, 0.29) is 18.9 Å². The maximum atomic E-state index is 13.0. The Labute approximate surface area is 190 Å². The molecule has 0 spiro atoms. The van der Waals surface area contributed by atoms with Crippen molar-refractivity contribution in [3.63, 3.8) is 0 Å². The van der Waals surface area contributed by atoms with Gasteiger partial charge in [0, 0.05) is 40.9 Å². The van der Waals surface area contributed by atoms with Crippen LogP contribution in [-0.2, 0) is 14.8 Å². The Morgan fingerprint density at radius 1 is 0.879 bits per heavy atom. The highest BCUT2D eigenvalue weighted by Crippen LogP contribution is 2.42. The van der Waals surface area contributed by atoms with Crippen LogP contribution in [0, 0.1) is 0 Å². The molecule has 5 aromatic rings. The number of sulfonamides is 1. The zero-order valence-electron chi connectivity index (χ0n) is 17.6. The van der Waals surface area contributed by atoms with E-state index in [2.05, 4.69) is 5.32 Å². The number of amides is 1. The quantitative estimate of drug-likeness (QED) is 0.370. The molecule has 1 aliphatic heterocycles. The third-order valence-electron chi connectivity index (χ3n) is 6.11. The summed E-state index contributed by atoms with van der Waals surface area (Å²) in [5, 5.41) is 6.58. The Kier molecular flexibility index (Phi) is 4.41. The first-order chi connectivity index (χ1) is 16.0. The Morgan fingerprint density at radius 2 is 1.67 bits per heavy atom. The summed E-state index contributed by atoms with van der Waals surface area (Å²) in [6.45, 7) is 0.242. The van der Waals surface area contributed by atoms with E-state index in [1.807, 2.05) is 66.7 Å². The van der Waals surface area contributed by atoms with Gasteiger partial charge in [-0.3, -0.25) is 9.10 Å². The summed E-state index contributed by atoms with van der Waals surface area (Å²) in [5.41, 5.74) is 2.85. The van der Waals surface area contributed by atoms with E-state index < -0.39 is 10.0 Å². The fraction of sp³-hybridized carbons (Fsp3) is 0.115. The minimum atomic E-state index is -3.60. The van der Waals surface area contributed by atoms with Crippen LogP contribution in [0.1, 0.15) is 12.8 Å². The molecular weight excluding hydrogens is 436 g/mol. The summed E-state index contributed by atoms with van der Waals surface area (Å²) < 4.78 is 33.4. The van der Waals surface area contributed by atoms with Gasteiger partial charge in [0.2, 0.25) is 5.91 Å². The largest absolute Gasteiger partial charge is 0.456 e. The van der Waals surface area contributed by atoms with Crippen LogP contribution in [0.15, 0.2) is 88.2 Å². The lowest BCUT2D eigenvalue weighted by Gasteiger charge is -2.18. The normalized spacial score (nSPS) is 14.4. The molecule has 0 saturated heterocycles. The first-order valence-corrected chi connectivity index (χ1v) is 12.2. The monoisotopic (exact) mass is 456 g/mol. The molecule has 0 unspecified atom stereocenters. The molecule has 0 saturated carbocycles. The number of carbonyl (C=O) groups excluding carboxylic acids is 1. The summed E-state index contributed by atoms with van der Waals surface area (Å²) in [4.78, 5) is 12.9. The molecule has 33 heavy (non-hydrogen) atoms. The number of anilines is 2. The van der Waals surface area contributed by atoms with Crippen LogP contribution in [0.2, 0.25) is 0 Å². The Bertz CT molecular complexity index is 1670. The average Bonchev–Trinajstić information content (AvgIpc) is 3.28. The van der Waals surface area contributed by atoms with E-state index in [0.717, 1.165) is 27.1 Å². The summed E-state index contributed by atoms with van der Waals surface area (Å²) in [6.07, 6.45) is 0.610. The number of nitrogens with zero attached hydrogens (tertiary/aromatic N) is 1. The van der Waals surface area contributed by atoms with Crippen molar-refractivity contribution < 1.29 is 17.6 Å². The molecular formula is C26H20N2O4S. The smallest absolute Gasteiger partial charge is 0.265 e. The van der Waals surface area contributed by atoms with Gasteiger partial charge >= 0.3 is 0 Å². The molecule has 6 rings (SSSR count). The second-order valence-electron chi connectivity index (χ2n) is 8.17. The molecule has 1 amide bonds. The zero-order valence-corrected chi connectivity index (χ0v) is 18.4. The zero-order chi connectivity index (χ0) is 22.6. The molecule has 7 heteroatoms. The van der Waals surface area contributed by atoms with Crippen molar-refractivity contribution in [1.29, 1.82) is 0 Å². The highest BCUT2D eigenvalue weighted by molar-refractivity contribution is 7.93. The van der Waals surface area contributed by atoms with Gasteiger partial charge in [-0.2, -0.15) is 0 Å². The number of hydrogen-bond donors (Lipinski definition) is 1. The first kappa shape index (κ1) is 19.8. The number of furan rings is 1. The number of fused-ring (bicyclic) bond motifs is 3. The average molecular weight is 457 g/mol. The molecule has 0 radical (unpaired) electrons. The van der Waals surface area contributed by atoms with E-state index in [1.54, 1.807) is 12.1 Å². The van der Waals surface area contributed by atoms with Gasteiger partial charge in [0.15, 0.2) is 0 Å². The van der Waals surface area contributed by atoms with E-state index in [9.17, 15) is 13.2 Å². The minimum Gasteiger partial charge on any atom is -0.456 e. The van der Waals surface area contributed by atoms with Gasteiger partial charge in [-0.25, -0.2) is 8.42 Å². The molecule has 0 bridgehead atoms. The summed E-state index contributed by atoms with van der Waals surface area (Å²) in [7, 11) is -3.60. The first-order valence-electron chi connectivity index (χ1n) is 10.8. The second kappa shape index (κ2) is 7.35. The molecule has 4 aromatic carbocycles. The molecule has 0 fully saturated rings. The van der Waals surface area contributed by atoms with Gasteiger partial charge in [-0.1, -0.05) is 42.5 Å². The molecule has 164 valence electrons. The van der Waals surface area contributed by atoms with Crippen LogP contribution in [0.3, 0.4) is 0 Å². The molecule has 1 aromatic heterocycles. The standard InChI is InChI=1S/C26H20N2O4S/c29-25(27-18-13-14-20-19-8-1-2-10-22(19)32-23(20)16-18)12-5-15-28-21-9-3-6-17-7-4-11-24(26(17)21)33(28,30)31/h1-4,6-11,13-14,16H,5,12,15H2,(H,27,29). The molecule has 1 N–H and O–H groups in total. The van der Waals surface area contributed by atoms with Crippen molar-refractivity contribution in [2.45, 2.75) is 17.7 Å². The maximum absolute atomic E-state index is 13.0. The summed E-state index contributed by atoms with van der Waals surface area (Å²) in [5.74, 6) is -0.169. The van der Waals surface area contributed by atoms with E-state index >= 15 is 0 Å². The van der Waals surface area contributed by atoms with E-state index in [1.165, 1.54) is 4.31 Å². The second-order valence-corrected chi connectivity index (χ2v) is 10.0. The lowest BCUT2D eigenvalue weighted by Crippen LogP contribution is -2.28. The van der Waals surface area contributed by atoms with Crippen LogP contribution in [0.25, 0.3) is 32.7 Å². The molecule has 0 aliphatic carbocycles. The SMILES string of the molecule is O=C(CCCN1c2cccc3cccc(c23)S1(=O)=O)Nc1ccc2c(c1)oc1ccccc12. The third kappa shape index (κ3) is 3.15. The summed E-state index contributed by atoms with van der Waals surface area (Å²) >= 11 is 0. The lowest BCUT2D eigenvalue weighted by atomic mass is 10.1. The number of benzene rings is 4. The predicted molar refractivity (Wildman–Crippen MR) is 130 cm³/mol. The number of nitrogens with one attached hydrogen (secondary N) is 1. The fourth-order valence-electron chi connectivity index (χ4n) is 4.61.